The van der Waals surface area contributed by atoms with Crippen molar-refractivity contribution in [2.24, 2.45) is 5.73 Å². The third-order valence-corrected chi connectivity index (χ3v) is 1.40. The summed E-state index contributed by atoms with van der Waals surface area (Å²) in [6.45, 7) is 1.98. The van der Waals surface area contributed by atoms with Crippen molar-refractivity contribution < 1.29 is 0 Å². The van der Waals surface area contributed by atoms with E-state index in [1.165, 1.54) is 6.33 Å². The molecule has 2 N–H and O–H groups in total. The number of hydrogen-bond acceptors (Lipinski definition) is 3. The largest absolute Gasteiger partial charge is 0.328 e. The molecule has 0 fully saturated rings. The predicted molar refractivity (Wildman–Crippen MR) is 56.6 cm³/mol. The van der Waals surface area contributed by atoms with Crippen molar-refractivity contribution in [1.29, 1.82) is 0 Å². The highest BCUT2D eigenvalue weighted by molar-refractivity contribution is 5.85. The van der Waals surface area contributed by atoms with Crippen LogP contribution in [0.2, 0.25) is 0 Å². The van der Waals surface area contributed by atoms with E-state index in [1.807, 2.05) is 19.1 Å². The first-order chi connectivity index (χ1) is 5.79. The quantitative estimate of drug-likeness (QED) is 0.806. The smallest absolute Gasteiger partial charge is 0.115 e. The summed E-state index contributed by atoms with van der Waals surface area (Å²) in [5.74, 6) is 0. The van der Waals surface area contributed by atoms with Crippen LogP contribution in [0.3, 0.4) is 0 Å². The molecule has 0 amide bonds. The normalized spacial score (nSPS) is 12.5. The zero-order valence-electron chi connectivity index (χ0n) is 7.55. The lowest BCUT2D eigenvalue weighted by atomic mass is 10.2. The second-order valence-electron chi connectivity index (χ2n) is 2.79. The molecule has 72 valence electrons. The predicted octanol–water partition coefficient (Wildman–Crippen LogP) is 1.65. The molecule has 0 aliphatic rings. The average molecular weight is 200 g/mol. The average Bonchev–Trinajstić information content (AvgIpc) is 2.05. The Kier molecular flexibility index (Phi) is 6.10. The molecule has 0 spiro atoms. The van der Waals surface area contributed by atoms with E-state index >= 15 is 0 Å². The highest BCUT2D eigenvalue weighted by Gasteiger charge is 1.88. The maximum absolute atomic E-state index is 5.57. The molecule has 13 heavy (non-hydrogen) atoms. The molecule has 1 unspecified atom stereocenters. The van der Waals surface area contributed by atoms with Crippen LogP contribution in [-0.2, 0) is 0 Å². The van der Waals surface area contributed by atoms with Crippen LogP contribution in [0.4, 0.5) is 0 Å². The van der Waals surface area contributed by atoms with Gasteiger partial charge in [-0.05, 0) is 13.3 Å². The summed E-state index contributed by atoms with van der Waals surface area (Å²) in [5.41, 5.74) is 6.59. The van der Waals surface area contributed by atoms with E-state index in [0.29, 0.717) is 0 Å². The van der Waals surface area contributed by atoms with E-state index in [2.05, 4.69) is 9.97 Å². The van der Waals surface area contributed by atoms with E-state index in [1.54, 1.807) is 12.4 Å². The summed E-state index contributed by atoms with van der Waals surface area (Å²) in [5, 5.41) is 0. The molecule has 0 bridgehead atoms. The summed E-state index contributed by atoms with van der Waals surface area (Å²) in [4.78, 5) is 7.78. The number of nitrogens with two attached hydrogens (primary N) is 1. The highest BCUT2D eigenvalue weighted by Crippen LogP contribution is 1.98. The van der Waals surface area contributed by atoms with Gasteiger partial charge in [0.25, 0.3) is 0 Å². The first kappa shape index (κ1) is 12.1. The Labute approximate surface area is 84.5 Å². The van der Waals surface area contributed by atoms with Gasteiger partial charge in [-0.25, -0.2) is 9.97 Å². The molecule has 1 rings (SSSR count). The van der Waals surface area contributed by atoms with Crippen LogP contribution in [0.1, 0.15) is 18.9 Å². The summed E-state index contributed by atoms with van der Waals surface area (Å²) in [6, 6.07) is 0.214. The lowest BCUT2D eigenvalue weighted by Crippen LogP contribution is -2.12. The van der Waals surface area contributed by atoms with Crippen molar-refractivity contribution >= 4 is 18.5 Å². The van der Waals surface area contributed by atoms with Crippen molar-refractivity contribution in [3.8, 4) is 0 Å². The van der Waals surface area contributed by atoms with E-state index in [9.17, 15) is 0 Å². The standard InChI is InChI=1S/C9H13N3.ClH/c1-8(10)3-2-4-9-5-11-7-12-6-9;/h2,4-8H,3,10H2,1H3;1H/b4-2+;. The molecule has 3 nitrogen and oxygen atoms in total. The third-order valence-electron chi connectivity index (χ3n) is 1.40. The minimum atomic E-state index is 0. The molecule has 1 heterocycles. The topological polar surface area (TPSA) is 51.8 Å². The highest BCUT2D eigenvalue weighted by atomic mass is 35.5. The first-order valence-corrected chi connectivity index (χ1v) is 3.96. The molecule has 0 saturated heterocycles. The second-order valence-corrected chi connectivity index (χ2v) is 2.79. The molecule has 0 saturated carbocycles. The molecule has 0 aromatic carbocycles. The molecule has 1 atom stereocenters. The van der Waals surface area contributed by atoms with Gasteiger partial charge in [-0.2, -0.15) is 0 Å². The maximum Gasteiger partial charge on any atom is 0.115 e. The van der Waals surface area contributed by atoms with Crippen molar-refractivity contribution in [2.45, 2.75) is 19.4 Å². The minimum absolute atomic E-state index is 0. The number of halogens is 1. The van der Waals surface area contributed by atoms with Gasteiger partial charge >= 0.3 is 0 Å². The monoisotopic (exact) mass is 199 g/mol. The van der Waals surface area contributed by atoms with Crippen LogP contribution in [0.15, 0.2) is 24.8 Å². The number of rotatable bonds is 3. The number of hydrogen-bond donors (Lipinski definition) is 1. The van der Waals surface area contributed by atoms with Crippen LogP contribution in [0.5, 0.6) is 0 Å². The van der Waals surface area contributed by atoms with Gasteiger partial charge in [-0.1, -0.05) is 12.2 Å². The van der Waals surface area contributed by atoms with E-state index in [4.69, 9.17) is 5.73 Å². The zero-order chi connectivity index (χ0) is 8.81. The van der Waals surface area contributed by atoms with Crippen molar-refractivity contribution in [2.75, 3.05) is 0 Å². The fraction of sp³-hybridized carbons (Fsp3) is 0.333. The van der Waals surface area contributed by atoms with Crippen LogP contribution in [0, 0.1) is 0 Å². The van der Waals surface area contributed by atoms with Gasteiger partial charge in [0.2, 0.25) is 0 Å². The zero-order valence-corrected chi connectivity index (χ0v) is 8.37. The van der Waals surface area contributed by atoms with Crippen molar-refractivity contribution in [1.82, 2.24) is 9.97 Å². The fourth-order valence-electron chi connectivity index (χ4n) is 0.815. The molecule has 0 aliphatic heterocycles. The number of nitrogens with zero attached hydrogens (tertiary/aromatic N) is 2. The summed E-state index contributed by atoms with van der Waals surface area (Å²) < 4.78 is 0. The van der Waals surface area contributed by atoms with Crippen LogP contribution >= 0.6 is 12.4 Å². The van der Waals surface area contributed by atoms with Gasteiger partial charge in [0.05, 0.1) is 0 Å². The second kappa shape index (κ2) is 6.57. The van der Waals surface area contributed by atoms with Crippen LogP contribution in [-0.4, -0.2) is 16.0 Å². The Hall–Kier alpha value is -0.930. The molecule has 0 radical (unpaired) electrons. The lowest BCUT2D eigenvalue weighted by molar-refractivity contribution is 0.759. The lowest BCUT2D eigenvalue weighted by Gasteiger charge is -1.96. The molecule has 4 heteroatoms. The Balaban J connectivity index is 0.00000144. The van der Waals surface area contributed by atoms with Gasteiger partial charge in [0, 0.05) is 24.0 Å². The fourth-order valence-corrected chi connectivity index (χ4v) is 0.815. The maximum atomic E-state index is 5.57. The Morgan fingerprint density at radius 1 is 1.46 bits per heavy atom. The van der Waals surface area contributed by atoms with Gasteiger partial charge in [0.15, 0.2) is 0 Å². The van der Waals surface area contributed by atoms with Gasteiger partial charge in [0.1, 0.15) is 6.33 Å². The van der Waals surface area contributed by atoms with Crippen molar-refractivity contribution in [3.05, 3.63) is 30.4 Å². The molecular formula is C9H14ClN3. The van der Waals surface area contributed by atoms with Gasteiger partial charge < -0.3 is 5.73 Å². The van der Waals surface area contributed by atoms with Crippen molar-refractivity contribution in [3.63, 3.8) is 0 Å². The molecule has 1 aromatic rings. The Morgan fingerprint density at radius 2 is 2.08 bits per heavy atom. The summed E-state index contributed by atoms with van der Waals surface area (Å²) >= 11 is 0. The number of aromatic nitrogens is 2. The van der Waals surface area contributed by atoms with Crippen LogP contribution < -0.4 is 5.73 Å². The molecule has 0 aliphatic carbocycles. The Bertz CT molecular complexity index is 246. The molecular weight excluding hydrogens is 186 g/mol. The van der Waals surface area contributed by atoms with Gasteiger partial charge in [-0.15, -0.1) is 12.4 Å². The van der Waals surface area contributed by atoms with E-state index < -0.39 is 0 Å². The summed E-state index contributed by atoms with van der Waals surface area (Å²) in [7, 11) is 0. The van der Waals surface area contributed by atoms with Gasteiger partial charge in [-0.3, -0.25) is 0 Å². The SMILES string of the molecule is CC(N)C/C=C/c1cncnc1.Cl. The minimum Gasteiger partial charge on any atom is -0.328 e. The molecule has 1 aromatic heterocycles. The third kappa shape index (κ3) is 5.33. The summed E-state index contributed by atoms with van der Waals surface area (Å²) in [6.07, 6.45) is 9.94. The Morgan fingerprint density at radius 3 is 2.62 bits per heavy atom. The van der Waals surface area contributed by atoms with E-state index in [-0.39, 0.29) is 18.4 Å². The van der Waals surface area contributed by atoms with Crippen LogP contribution in [0.25, 0.3) is 6.08 Å². The first-order valence-electron chi connectivity index (χ1n) is 3.96. The van der Waals surface area contributed by atoms with E-state index in [0.717, 1.165) is 12.0 Å².